The van der Waals surface area contributed by atoms with Crippen LogP contribution in [0.25, 0.3) is 0 Å². The van der Waals surface area contributed by atoms with Gasteiger partial charge in [-0.05, 0) is 25.8 Å². The van der Waals surface area contributed by atoms with Crippen molar-refractivity contribution in [2.45, 2.75) is 31.7 Å². The molecule has 2 aliphatic rings. The van der Waals surface area contributed by atoms with Gasteiger partial charge in [0.15, 0.2) is 0 Å². The number of amides is 1. The summed E-state index contributed by atoms with van der Waals surface area (Å²) < 4.78 is 5.29. The van der Waals surface area contributed by atoms with Gasteiger partial charge in [-0.25, -0.2) is 0 Å². The minimum atomic E-state index is -0.675. The standard InChI is InChI=1S/C13H25N3O2/c1-2-5-15-6-8-16(9-7-15)12(17)13(14)3-10-18-11-4-13/h2-11,14H2,1H3. The summed E-state index contributed by atoms with van der Waals surface area (Å²) in [4.78, 5) is 16.8. The summed E-state index contributed by atoms with van der Waals surface area (Å²) in [6.07, 6.45) is 2.48. The van der Waals surface area contributed by atoms with Gasteiger partial charge >= 0.3 is 0 Å². The monoisotopic (exact) mass is 255 g/mol. The van der Waals surface area contributed by atoms with Crippen molar-refractivity contribution in [2.24, 2.45) is 5.73 Å². The molecule has 2 aliphatic heterocycles. The number of hydrogen-bond donors (Lipinski definition) is 1. The molecule has 104 valence electrons. The van der Waals surface area contributed by atoms with Crippen molar-refractivity contribution in [1.82, 2.24) is 9.80 Å². The third-order valence-corrected chi connectivity index (χ3v) is 4.01. The lowest BCUT2D eigenvalue weighted by molar-refractivity contribution is -0.142. The summed E-state index contributed by atoms with van der Waals surface area (Å²) in [5.41, 5.74) is 5.57. The number of carbonyl (C=O) groups is 1. The molecule has 2 fully saturated rings. The fourth-order valence-corrected chi connectivity index (χ4v) is 2.76. The lowest BCUT2D eigenvalue weighted by Crippen LogP contribution is -2.61. The smallest absolute Gasteiger partial charge is 0.242 e. The molecule has 2 heterocycles. The molecule has 0 atom stereocenters. The zero-order valence-corrected chi connectivity index (χ0v) is 11.4. The minimum Gasteiger partial charge on any atom is -0.381 e. The van der Waals surface area contributed by atoms with Crippen LogP contribution < -0.4 is 5.73 Å². The first kappa shape index (κ1) is 13.8. The Morgan fingerprint density at radius 2 is 1.83 bits per heavy atom. The Labute approximate surface area is 109 Å². The first-order valence-corrected chi connectivity index (χ1v) is 7.04. The third kappa shape index (κ3) is 3.02. The summed E-state index contributed by atoms with van der Waals surface area (Å²) in [6.45, 7) is 8.13. The van der Waals surface area contributed by atoms with Crippen molar-refractivity contribution >= 4 is 5.91 Å². The number of hydrogen-bond acceptors (Lipinski definition) is 4. The molecule has 0 bridgehead atoms. The highest BCUT2D eigenvalue weighted by atomic mass is 16.5. The number of ether oxygens (including phenoxy) is 1. The lowest BCUT2D eigenvalue weighted by atomic mass is 9.89. The van der Waals surface area contributed by atoms with Gasteiger partial charge in [-0.2, -0.15) is 0 Å². The predicted octanol–water partition coefficient (Wildman–Crippen LogP) is 0.0485. The average Bonchev–Trinajstić information content (AvgIpc) is 2.40. The Morgan fingerprint density at radius 1 is 1.22 bits per heavy atom. The van der Waals surface area contributed by atoms with Crippen LogP contribution in [0.15, 0.2) is 0 Å². The highest BCUT2D eigenvalue weighted by Gasteiger charge is 2.39. The maximum Gasteiger partial charge on any atom is 0.242 e. The van der Waals surface area contributed by atoms with Crippen molar-refractivity contribution in [1.29, 1.82) is 0 Å². The third-order valence-electron chi connectivity index (χ3n) is 4.01. The van der Waals surface area contributed by atoms with E-state index < -0.39 is 5.54 Å². The van der Waals surface area contributed by atoms with Crippen LogP contribution in [0.1, 0.15) is 26.2 Å². The van der Waals surface area contributed by atoms with E-state index in [0.717, 1.165) is 32.7 Å². The second-order valence-electron chi connectivity index (χ2n) is 5.40. The Hall–Kier alpha value is -0.650. The van der Waals surface area contributed by atoms with Crippen LogP contribution in [-0.4, -0.2) is 67.2 Å². The molecule has 0 saturated carbocycles. The second-order valence-corrected chi connectivity index (χ2v) is 5.40. The first-order chi connectivity index (χ1) is 8.65. The molecule has 0 unspecified atom stereocenters. The molecule has 5 nitrogen and oxygen atoms in total. The van der Waals surface area contributed by atoms with E-state index in [0.29, 0.717) is 26.1 Å². The number of carbonyl (C=O) groups excluding carboxylic acids is 1. The Kier molecular flexibility index (Phi) is 4.59. The van der Waals surface area contributed by atoms with Crippen molar-refractivity contribution in [3.63, 3.8) is 0 Å². The van der Waals surface area contributed by atoms with Crippen molar-refractivity contribution in [2.75, 3.05) is 45.9 Å². The van der Waals surface area contributed by atoms with Gasteiger partial charge in [-0.15, -0.1) is 0 Å². The van der Waals surface area contributed by atoms with Gasteiger partial charge in [0.05, 0.1) is 5.54 Å². The Balaban J connectivity index is 1.86. The zero-order valence-electron chi connectivity index (χ0n) is 11.4. The molecule has 0 aliphatic carbocycles. The molecule has 2 saturated heterocycles. The molecule has 2 N–H and O–H groups in total. The second kappa shape index (κ2) is 5.99. The number of piperazine rings is 1. The zero-order chi connectivity index (χ0) is 13.0. The van der Waals surface area contributed by atoms with Crippen LogP contribution in [-0.2, 0) is 9.53 Å². The molecule has 0 aromatic rings. The lowest BCUT2D eigenvalue weighted by Gasteiger charge is -2.40. The van der Waals surface area contributed by atoms with E-state index in [2.05, 4.69) is 11.8 Å². The molecular weight excluding hydrogens is 230 g/mol. The summed E-state index contributed by atoms with van der Waals surface area (Å²) >= 11 is 0. The van der Waals surface area contributed by atoms with E-state index in [4.69, 9.17) is 10.5 Å². The van der Waals surface area contributed by atoms with E-state index in [9.17, 15) is 4.79 Å². The molecule has 0 spiro atoms. The minimum absolute atomic E-state index is 0.127. The quantitative estimate of drug-likeness (QED) is 0.774. The summed E-state index contributed by atoms with van der Waals surface area (Å²) in [7, 11) is 0. The van der Waals surface area contributed by atoms with Crippen molar-refractivity contribution < 1.29 is 9.53 Å². The molecule has 18 heavy (non-hydrogen) atoms. The number of nitrogens with zero attached hydrogens (tertiary/aromatic N) is 2. The van der Waals surface area contributed by atoms with Gasteiger partial charge in [-0.1, -0.05) is 6.92 Å². The van der Waals surface area contributed by atoms with Crippen LogP contribution in [0.3, 0.4) is 0 Å². The van der Waals surface area contributed by atoms with E-state index in [1.165, 1.54) is 6.42 Å². The summed E-state index contributed by atoms with van der Waals surface area (Å²) in [5.74, 6) is 0.127. The molecule has 0 radical (unpaired) electrons. The van der Waals surface area contributed by atoms with Crippen molar-refractivity contribution in [3.05, 3.63) is 0 Å². The Bertz CT molecular complexity index is 282. The average molecular weight is 255 g/mol. The van der Waals surface area contributed by atoms with E-state index in [-0.39, 0.29) is 5.91 Å². The van der Waals surface area contributed by atoms with Gasteiger partial charge < -0.3 is 15.4 Å². The number of rotatable bonds is 3. The fraction of sp³-hybridized carbons (Fsp3) is 0.923. The highest BCUT2D eigenvalue weighted by molar-refractivity contribution is 5.86. The number of nitrogens with two attached hydrogens (primary N) is 1. The van der Waals surface area contributed by atoms with Crippen LogP contribution >= 0.6 is 0 Å². The van der Waals surface area contributed by atoms with E-state index >= 15 is 0 Å². The van der Waals surface area contributed by atoms with Crippen molar-refractivity contribution in [3.8, 4) is 0 Å². The molecule has 0 aromatic heterocycles. The first-order valence-electron chi connectivity index (χ1n) is 7.04. The normalized spacial score (nSPS) is 25.1. The van der Waals surface area contributed by atoms with Gasteiger partial charge in [0.1, 0.15) is 0 Å². The summed E-state index contributed by atoms with van der Waals surface area (Å²) in [6, 6.07) is 0. The van der Waals surface area contributed by atoms with E-state index in [1.54, 1.807) is 0 Å². The van der Waals surface area contributed by atoms with Crippen LogP contribution in [0, 0.1) is 0 Å². The predicted molar refractivity (Wildman–Crippen MR) is 70.3 cm³/mol. The topological polar surface area (TPSA) is 58.8 Å². The maximum absolute atomic E-state index is 12.5. The highest BCUT2D eigenvalue weighted by Crippen LogP contribution is 2.21. The van der Waals surface area contributed by atoms with Gasteiger partial charge in [0, 0.05) is 39.4 Å². The van der Waals surface area contributed by atoms with Crippen LogP contribution in [0.2, 0.25) is 0 Å². The van der Waals surface area contributed by atoms with Gasteiger partial charge in [0.25, 0.3) is 0 Å². The van der Waals surface area contributed by atoms with Crippen LogP contribution in [0.5, 0.6) is 0 Å². The van der Waals surface area contributed by atoms with Gasteiger partial charge in [0.2, 0.25) is 5.91 Å². The van der Waals surface area contributed by atoms with Crippen LogP contribution in [0.4, 0.5) is 0 Å². The molecular formula is C13H25N3O2. The van der Waals surface area contributed by atoms with E-state index in [1.807, 2.05) is 4.90 Å². The molecule has 0 aromatic carbocycles. The Morgan fingerprint density at radius 3 is 2.39 bits per heavy atom. The fourth-order valence-electron chi connectivity index (χ4n) is 2.76. The molecule has 2 rings (SSSR count). The molecule has 5 heteroatoms. The van der Waals surface area contributed by atoms with Gasteiger partial charge in [-0.3, -0.25) is 9.69 Å². The maximum atomic E-state index is 12.5. The largest absolute Gasteiger partial charge is 0.381 e. The SMILES string of the molecule is CCCN1CCN(C(=O)C2(N)CCOCC2)CC1. The molecule has 1 amide bonds. The summed E-state index contributed by atoms with van der Waals surface area (Å²) in [5, 5.41) is 0.